The van der Waals surface area contributed by atoms with Crippen molar-refractivity contribution in [2.75, 3.05) is 33.1 Å². The summed E-state index contributed by atoms with van der Waals surface area (Å²) in [4.78, 5) is 30.0. The lowest BCUT2D eigenvalue weighted by atomic mass is 9.94. The van der Waals surface area contributed by atoms with Gasteiger partial charge in [-0.15, -0.1) is 0 Å². The average molecular weight is 373 g/mol. The molecule has 27 heavy (non-hydrogen) atoms. The molecule has 7 heteroatoms. The Morgan fingerprint density at radius 3 is 2.63 bits per heavy atom. The molecule has 0 radical (unpaired) electrons. The molecule has 1 fully saturated rings. The van der Waals surface area contributed by atoms with Gasteiger partial charge in [0.2, 0.25) is 5.91 Å². The Bertz CT molecular complexity index is 824. The van der Waals surface area contributed by atoms with Gasteiger partial charge in [-0.05, 0) is 32.0 Å². The lowest BCUT2D eigenvalue weighted by Crippen LogP contribution is -2.39. The predicted octanol–water partition coefficient (Wildman–Crippen LogP) is 3.17. The highest BCUT2D eigenvalue weighted by Crippen LogP contribution is 2.35. The van der Waals surface area contributed by atoms with Crippen molar-refractivity contribution >= 4 is 28.5 Å². The zero-order valence-corrected chi connectivity index (χ0v) is 16.1. The highest BCUT2D eigenvalue weighted by molar-refractivity contribution is 6.13. The van der Waals surface area contributed by atoms with E-state index in [4.69, 9.17) is 9.47 Å². The summed E-state index contributed by atoms with van der Waals surface area (Å²) < 4.78 is 10.3. The van der Waals surface area contributed by atoms with E-state index in [1.807, 2.05) is 19.2 Å². The third-order valence-corrected chi connectivity index (χ3v) is 5.25. The van der Waals surface area contributed by atoms with E-state index in [0.717, 1.165) is 12.8 Å². The van der Waals surface area contributed by atoms with Gasteiger partial charge in [-0.2, -0.15) is 0 Å². The number of likely N-dealkylation sites (N-methyl/N-ethyl adjacent to an activating group) is 1. The van der Waals surface area contributed by atoms with Gasteiger partial charge in [0.25, 0.3) is 0 Å². The van der Waals surface area contributed by atoms with Crippen molar-refractivity contribution in [1.82, 2.24) is 9.88 Å². The zero-order valence-electron chi connectivity index (χ0n) is 16.1. The van der Waals surface area contributed by atoms with E-state index in [2.05, 4.69) is 15.2 Å². The number of benzene rings is 1. The Morgan fingerprint density at radius 1 is 1.22 bits per heavy atom. The topological polar surface area (TPSA) is 83.7 Å². The summed E-state index contributed by atoms with van der Waals surface area (Å²) >= 11 is 0. The molecule has 0 saturated heterocycles. The van der Waals surface area contributed by atoms with Crippen LogP contribution in [0.5, 0.6) is 5.75 Å². The number of hydrogen-bond donors (Lipinski definition) is 2. The molecule has 0 atom stereocenters. The zero-order chi connectivity index (χ0) is 19.4. The number of aromatic nitrogens is 1. The lowest BCUT2D eigenvalue weighted by Gasteiger charge is -2.30. The molecule has 2 N–H and O–H groups in total. The molecule has 0 unspecified atom stereocenters. The van der Waals surface area contributed by atoms with E-state index in [-0.39, 0.29) is 18.1 Å². The van der Waals surface area contributed by atoms with Crippen LogP contribution in [0.4, 0.5) is 5.69 Å². The van der Waals surface area contributed by atoms with Crippen molar-refractivity contribution in [1.29, 1.82) is 0 Å². The SMILES string of the molecule is COC(=O)c1[nH]c2cccc(OC)c2c1NC(=O)CN(C)C1CCCCC1. The van der Waals surface area contributed by atoms with Crippen LogP contribution in [0.15, 0.2) is 18.2 Å². The van der Waals surface area contributed by atoms with Gasteiger partial charge in [0.1, 0.15) is 11.4 Å². The van der Waals surface area contributed by atoms with Crippen LogP contribution in [0.1, 0.15) is 42.6 Å². The molecule has 3 rings (SSSR count). The second kappa shape index (κ2) is 8.43. The van der Waals surface area contributed by atoms with Crippen LogP contribution in [0.2, 0.25) is 0 Å². The lowest BCUT2D eigenvalue weighted by molar-refractivity contribution is -0.117. The minimum absolute atomic E-state index is 0.167. The molecule has 0 bridgehead atoms. The molecule has 1 aromatic heterocycles. The summed E-state index contributed by atoms with van der Waals surface area (Å²) in [7, 11) is 4.85. The maximum atomic E-state index is 12.7. The largest absolute Gasteiger partial charge is 0.496 e. The van der Waals surface area contributed by atoms with Crippen LogP contribution in [-0.4, -0.2) is 55.6 Å². The number of aromatic amines is 1. The smallest absolute Gasteiger partial charge is 0.356 e. The van der Waals surface area contributed by atoms with Crippen molar-refractivity contribution < 1.29 is 19.1 Å². The van der Waals surface area contributed by atoms with Crippen LogP contribution in [-0.2, 0) is 9.53 Å². The summed E-state index contributed by atoms with van der Waals surface area (Å²) in [6.45, 7) is 0.271. The van der Waals surface area contributed by atoms with Crippen molar-refractivity contribution in [2.24, 2.45) is 0 Å². The number of ether oxygens (including phenoxy) is 2. The van der Waals surface area contributed by atoms with Crippen molar-refractivity contribution in [3.05, 3.63) is 23.9 Å². The third kappa shape index (κ3) is 4.08. The number of carbonyl (C=O) groups excluding carboxylic acids is 2. The van der Waals surface area contributed by atoms with Gasteiger partial charge >= 0.3 is 5.97 Å². The minimum atomic E-state index is -0.538. The summed E-state index contributed by atoms with van der Waals surface area (Å²) in [5.74, 6) is -0.126. The van der Waals surface area contributed by atoms with Gasteiger partial charge < -0.3 is 19.8 Å². The fraction of sp³-hybridized carbons (Fsp3) is 0.500. The fourth-order valence-electron chi connectivity index (χ4n) is 3.82. The van der Waals surface area contributed by atoms with Crippen LogP contribution in [0.3, 0.4) is 0 Å². The van der Waals surface area contributed by atoms with E-state index in [1.54, 1.807) is 13.2 Å². The van der Waals surface area contributed by atoms with E-state index in [1.165, 1.54) is 26.4 Å². The summed E-state index contributed by atoms with van der Waals surface area (Å²) in [5.41, 5.74) is 1.31. The first-order valence-corrected chi connectivity index (χ1v) is 9.32. The third-order valence-electron chi connectivity index (χ3n) is 5.25. The maximum Gasteiger partial charge on any atom is 0.356 e. The number of methoxy groups -OCH3 is 2. The van der Waals surface area contributed by atoms with Crippen LogP contribution >= 0.6 is 0 Å². The highest BCUT2D eigenvalue weighted by Gasteiger charge is 2.24. The number of nitrogens with one attached hydrogen (secondary N) is 2. The van der Waals surface area contributed by atoms with Crippen LogP contribution < -0.4 is 10.1 Å². The molecule has 7 nitrogen and oxygen atoms in total. The molecule has 1 heterocycles. The molecular weight excluding hydrogens is 346 g/mol. The summed E-state index contributed by atoms with van der Waals surface area (Å²) in [5, 5.41) is 3.56. The number of esters is 1. The quantitative estimate of drug-likeness (QED) is 0.760. The first-order valence-electron chi connectivity index (χ1n) is 9.32. The number of rotatable bonds is 6. The van der Waals surface area contributed by atoms with Gasteiger partial charge in [0, 0.05) is 6.04 Å². The Hall–Kier alpha value is -2.54. The second-order valence-electron chi connectivity index (χ2n) is 7.00. The second-order valence-corrected chi connectivity index (χ2v) is 7.00. The van der Waals surface area contributed by atoms with Crippen molar-refractivity contribution in [3.8, 4) is 5.75 Å². The Kier molecular flexibility index (Phi) is 6.01. The molecule has 1 saturated carbocycles. The van der Waals surface area contributed by atoms with Gasteiger partial charge in [-0.25, -0.2) is 4.79 Å². The maximum absolute atomic E-state index is 12.7. The molecule has 2 aromatic rings. The Balaban J connectivity index is 1.85. The normalized spacial score (nSPS) is 15.1. The number of amides is 1. The summed E-state index contributed by atoms with van der Waals surface area (Å²) in [6, 6.07) is 5.87. The van der Waals surface area contributed by atoms with Crippen LogP contribution in [0, 0.1) is 0 Å². The Morgan fingerprint density at radius 2 is 1.96 bits per heavy atom. The number of anilines is 1. The predicted molar refractivity (Wildman–Crippen MR) is 104 cm³/mol. The molecule has 1 aliphatic carbocycles. The van der Waals surface area contributed by atoms with Gasteiger partial charge in [0.05, 0.1) is 37.4 Å². The molecule has 0 aliphatic heterocycles. The van der Waals surface area contributed by atoms with E-state index in [0.29, 0.717) is 28.4 Å². The van der Waals surface area contributed by atoms with E-state index < -0.39 is 5.97 Å². The first-order chi connectivity index (χ1) is 13.0. The summed E-state index contributed by atoms with van der Waals surface area (Å²) in [6.07, 6.45) is 5.94. The van der Waals surface area contributed by atoms with Crippen LogP contribution in [0.25, 0.3) is 10.9 Å². The number of carbonyl (C=O) groups is 2. The molecule has 1 aliphatic rings. The van der Waals surface area contributed by atoms with Crippen molar-refractivity contribution in [2.45, 2.75) is 38.1 Å². The number of fused-ring (bicyclic) bond motifs is 1. The molecule has 0 spiro atoms. The van der Waals surface area contributed by atoms with Crippen molar-refractivity contribution in [3.63, 3.8) is 0 Å². The minimum Gasteiger partial charge on any atom is -0.496 e. The number of hydrogen-bond acceptors (Lipinski definition) is 5. The van der Waals surface area contributed by atoms with E-state index in [9.17, 15) is 9.59 Å². The van der Waals surface area contributed by atoms with Gasteiger partial charge in [0.15, 0.2) is 0 Å². The number of nitrogens with zero attached hydrogens (tertiary/aromatic N) is 1. The first kappa shape index (κ1) is 19.2. The molecule has 1 aromatic carbocycles. The average Bonchev–Trinajstić information content (AvgIpc) is 3.06. The highest BCUT2D eigenvalue weighted by atomic mass is 16.5. The molecule has 1 amide bonds. The fourth-order valence-corrected chi connectivity index (χ4v) is 3.82. The van der Waals surface area contributed by atoms with Gasteiger partial charge in [-0.1, -0.05) is 25.3 Å². The Labute approximate surface area is 159 Å². The standard InChI is InChI=1S/C20H27N3O4/c1-23(13-8-5-4-6-9-13)12-16(24)22-18-17-14(10-7-11-15(17)26-2)21-19(18)20(25)27-3/h7,10-11,13,21H,4-6,8-9,12H2,1-3H3,(H,22,24). The monoisotopic (exact) mass is 373 g/mol. The molecular formula is C20H27N3O4. The number of H-pyrrole nitrogens is 1. The van der Waals surface area contributed by atoms with Gasteiger partial charge in [-0.3, -0.25) is 9.69 Å². The van der Waals surface area contributed by atoms with E-state index >= 15 is 0 Å². The molecule has 146 valence electrons.